The Balaban J connectivity index is 1.77. The smallest absolute Gasteiger partial charge is 0.329 e. The highest BCUT2D eigenvalue weighted by Gasteiger charge is 2.36. The van der Waals surface area contributed by atoms with Crippen molar-refractivity contribution in [2.75, 3.05) is 18.6 Å². The molecule has 0 aromatic heterocycles. The summed E-state index contributed by atoms with van der Waals surface area (Å²) in [6.07, 6.45) is 1.38. The van der Waals surface area contributed by atoms with E-state index in [4.69, 9.17) is 16.2 Å². The predicted octanol–water partition coefficient (Wildman–Crippen LogP) is -0.155. The van der Waals surface area contributed by atoms with Crippen LogP contribution in [0.5, 0.6) is 0 Å². The van der Waals surface area contributed by atoms with Gasteiger partial charge in [-0.15, -0.1) is 0 Å². The van der Waals surface area contributed by atoms with Gasteiger partial charge in [0.2, 0.25) is 29.5 Å². The van der Waals surface area contributed by atoms with E-state index in [9.17, 15) is 33.6 Å². The van der Waals surface area contributed by atoms with Crippen LogP contribution in [0.4, 0.5) is 0 Å². The van der Waals surface area contributed by atoms with Crippen LogP contribution in [0.3, 0.4) is 0 Å². The summed E-state index contributed by atoms with van der Waals surface area (Å²) in [6.45, 7) is 3.12. The summed E-state index contributed by atoms with van der Waals surface area (Å²) in [6, 6.07) is 12.7. The van der Waals surface area contributed by atoms with E-state index < -0.39 is 78.4 Å². The highest BCUT2D eigenvalue weighted by Crippen LogP contribution is 2.13. The van der Waals surface area contributed by atoms with Gasteiger partial charge in [0.25, 0.3) is 5.91 Å². The molecule has 2 aromatic carbocycles. The van der Waals surface area contributed by atoms with Crippen LogP contribution in [0.15, 0.2) is 60.7 Å². The van der Waals surface area contributed by atoms with Crippen molar-refractivity contribution >= 4 is 53.2 Å². The second-order valence-corrected chi connectivity index (χ2v) is 14.3. The summed E-state index contributed by atoms with van der Waals surface area (Å²) in [5, 5.41) is 12.9. The average Bonchev–Trinajstić information content (AvgIpc) is 3.57. The van der Waals surface area contributed by atoms with Crippen molar-refractivity contribution in [1.29, 1.82) is 0 Å². The summed E-state index contributed by atoms with van der Waals surface area (Å²) < 4.78 is 5.75. The number of benzene rings is 2. The fraction of sp³-hybridized carbons (Fsp3) is 0.486. The van der Waals surface area contributed by atoms with E-state index in [0.29, 0.717) is 17.7 Å². The minimum atomic E-state index is -1.60. The van der Waals surface area contributed by atoms with Gasteiger partial charge in [0.05, 0.1) is 12.6 Å². The molecule has 16 heteroatoms. The number of thioether (sulfide) groups is 1. The van der Waals surface area contributed by atoms with Crippen molar-refractivity contribution < 1.29 is 38.3 Å². The van der Waals surface area contributed by atoms with E-state index in [2.05, 4.69) is 26.6 Å². The lowest BCUT2D eigenvalue weighted by atomic mass is 10.0. The van der Waals surface area contributed by atoms with Crippen LogP contribution >= 0.6 is 11.8 Å². The molecule has 0 radical (unpaired) electrons. The molecular formula is C37H51N7O8S. The number of ether oxygens (including phenoxy) is 1. The minimum absolute atomic E-state index is 0.0178. The van der Waals surface area contributed by atoms with Crippen LogP contribution < -0.4 is 38.1 Å². The lowest BCUT2D eigenvalue weighted by Gasteiger charge is -2.27. The van der Waals surface area contributed by atoms with E-state index in [1.165, 1.54) is 11.8 Å². The normalized spacial score (nSPS) is 16.6. The number of rotatable bonds is 21. The molecule has 1 heterocycles. The second kappa shape index (κ2) is 21.5. The zero-order valence-corrected chi connectivity index (χ0v) is 31.1. The molecule has 6 amide bonds. The Hall–Kier alpha value is -4.96. The Morgan fingerprint density at radius 1 is 0.868 bits per heavy atom. The molecule has 6 atom stereocenters. The first-order valence-corrected chi connectivity index (χ1v) is 19.0. The molecule has 0 bridgehead atoms. The SMILES string of the molecule is CSCC[C@H](NC(=O)[C@H](CC(C)C)NC(=O)CNC(=O)[C@@H](OC(=O)[C@H](Cc1ccccc1)NC(=O)[C@@H]1CCC(=O)N1)[C@@H](N)Cc1ccccc1)C(N)=O. The van der Waals surface area contributed by atoms with Crippen LogP contribution in [0.2, 0.25) is 0 Å². The van der Waals surface area contributed by atoms with Gasteiger partial charge in [-0.1, -0.05) is 74.5 Å². The van der Waals surface area contributed by atoms with Crippen LogP contribution in [-0.4, -0.2) is 96.3 Å². The number of hydrogen-bond acceptors (Lipinski definition) is 10. The topological polar surface area (TPSA) is 241 Å². The van der Waals surface area contributed by atoms with Gasteiger partial charge in [0, 0.05) is 12.8 Å². The molecule has 0 unspecified atom stereocenters. The molecule has 1 aliphatic heterocycles. The third-order valence-corrected chi connectivity index (χ3v) is 9.10. The van der Waals surface area contributed by atoms with Gasteiger partial charge in [-0.05, 0) is 54.7 Å². The molecular weight excluding hydrogens is 703 g/mol. The first kappa shape index (κ1) is 42.5. The maximum atomic E-state index is 13.8. The van der Waals surface area contributed by atoms with Gasteiger partial charge in [0.15, 0.2) is 6.10 Å². The fourth-order valence-electron chi connectivity index (χ4n) is 5.67. The van der Waals surface area contributed by atoms with Crippen LogP contribution in [0.25, 0.3) is 0 Å². The number of esters is 1. The third kappa shape index (κ3) is 14.5. The number of nitrogens with one attached hydrogen (secondary N) is 5. The minimum Gasteiger partial charge on any atom is -0.449 e. The summed E-state index contributed by atoms with van der Waals surface area (Å²) in [5.41, 5.74) is 13.4. The Morgan fingerprint density at radius 2 is 1.49 bits per heavy atom. The third-order valence-electron chi connectivity index (χ3n) is 8.45. The number of hydrogen-bond donors (Lipinski definition) is 7. The maximum absolute atomic E-state index is 13.8. The summed E-state index contributed by atoms with van der Waals surface area (Å²) in [4.78, 5) is 90.5. The fourth-order valence-corrected chi connectivity index (χ4v) is 6.14. The standard InChI is InChI=1S/C37H51N7O8S/c1-22(2)18-28(35(49)43-26(33(39)47)16-17-53-3)42-31(46)21-40-36(50)32(25(38)19-23-10-6-4-7-11-23)52-37(51)29(20-24-12-8-5-9-13-24)44-34(48)27-14-15-30(45)41-27/h4-13,22,25-29,32H,14-21,38H2,1-3H3,(H2,39,47)(H,40,50)(H,41,45)(H,42,46)(H,43,49)(H,44,48)/t25-,26-,27-,28-,29-,32-/m0/s1. The lowest BCUT2D eigenvalue weighted by molar-refractivity contribution is -0.160. The Morgan fingerprint density at radius 3 is 2.04 bits per heavy atom. The predicted molar refractivity (Wildman–Crippen MR) is 200 cm³/mol. The van der Waals surface area contributed by atoms with E-state index >= 15 is 0 Å². The second-order valence-electron chi connectivity index (χ2n) is 13.3. The van der Waals surface area contributed by atoms with Gasteiger partial charge in [0.1, 0.15) is 24.2 Å². The number of nitrogens with two attached hydrogens (primary N) is 2. The Kier molecular flexibility index (Phi) is 17.3. The van der Waals surface area contributed by atoms with Crippen molar-refractivity contribution in [1.82, 2.24) is 26.6 Å². The zero-order chi connectivity index (χ0) is 38.9. The van der Waals surface area contributed by atoms with E-state index in [0.717, 1.165) is 5.56 Å². The van der Waals surface area contributed by atoms with Crippen molar-refractivity contribution in [2.45, 2.75) is 88.7 Å². The van der Waals surface area contributed by atoms with Gasteiger partial charge >= 0.3 is 5.97 Å². The molecule has 288 valence electrons. The molecule has 0 saturated carbocycles. The Labute approximate surface area is 313 Å². The largest absolute Gasteiger partial charge is 0.449 e. The van der Waals surface area contributed by atoms with Crippen molar-refractivity contribution in [3.05, 3.63) is 71.8 Å². The number of primary amides is 1. The van der Waals surface area contributed by atoms with Crippen molar-refractivity contribution in [3.8, 4) is 0 Å². The lowest BCUT2D eigenvalue weighted by Crippen LogP contribution is -2.56. The maximum Gasteiger partial charge on any atom is 0.329 e. The molecule has 1 aliphatic rings. The van der Waals surface area contributed by atoms with Crippen LogP contribution in [0, 0.1) is 5.92 Å². The average molecular weight is 754 g/mol. The molecule has 9 N–H and O–H groups in total. The molecule has 3 rings (SSSR count). The summed E-state index contributed by atoms with van der Waals surface area (Å²) in [7, 11) is 0. The molecule has 1 fully saturated rings. The molecule has 53 heavy (non-hydrogen) atoms. The number of carbonyl (C=O) groups excluding carboxylic acids is 7. The highest BCUT2D eigenvalue weighted by atomic mass is 32.2. The summed E-state index contributed by atoms with van der Waals surface area (Å²) >= 11 is 1.49. The zero-order valence-electron chi connectivity index (χ0n) is 30.3. The first-order chi connectivity index (χ1) is 25.3. The summed E-state index contributed by atoms with van der Waals surface area (Å²) in [5.74, 6) is -4.12. The van der Waals surface area contributed by atoms with E-state index in [1.54, 1.807) is 54.6 Å². The van der Waals surface area contributed by atoms with E-state index in [1.807, 2.05) is 26.2 Å². The number of carbonyl (C=O) groups is 7. The molecule has 2 aromatic rings. The molecule has 1 saturated heterocycles. The Bertz CT molecular complexity index is 1560. The number of amides is 6. The van der Waals surface area contributed by atoms with Gasteiger partial charge in [-0.25, -0.2) is 4.79 Å². The van der Waals surface area contributed by atoms with Crippen LogP contribution in [0.1, 0.15) is 50.7 Å². The van der Waals surface area contributed by atoms with Crippen molar-refractivity contribution in [2.24, 2.45) is 17.4 Å². The van der Waals surface area contributed by atoms with E-state index in [-0.39, 0.29) is 43.9 Å². The van der Waals surface area contributed by atoms with Gasteiger partial charge in [-0.2, -0.15) is 11.8 Å². The van der Waals surface area contributed by atoms with Crippen LogP contribution in [-0.2, 0) is 51.1 Å². The quantitative estimate of drug-likeness (QED) is 0.0832. The van der Waals surface area contributed by atoms with Gasteiger partial charge in [-0.3, -0.25) is 28.8 Å². The van der Waals surface area contributed by atoms with Crippen molar-refractivity contribution in [3.63, 3.8) is 0 Å². The molecule has 15 nitrogen and oxygen atoms in total. The molecule has 0 aliphatic carbocycles. The first-order valence-electron chi connectivity index (χ1n) is 17.6. The van der Waals surface area contributed by atoms with Gasteiger partial charge < -0.3 is 42.8 Å². The molecule has 0 spiro atoms. The monoisotopic (exact) mass is 753 g/mol. The highest BCUT2D eigenvalue weighted by molar-refractivity contribution is 7.98.